The third kappa shape index (κ3) is 5.21. The van der Waals surface area contributed by atoms with Crippen LogP contribution in [0.1, 0.15) is 60.3 Å². The number of hydrogen-bond donors (Lipinski definition) is 3. The first-order valence-corrected chi connectivity index (χ1v) is 14.5. The molecule has 5 rings (SSSR count). The normalized spacial score (nSPS) is 22.9. The van der Waals surface area contributed by atoms with Gasteiger partial charge in [0.05, 0.1) is 51.9 Å². The Hall–Kier alpha value is -4.99. The van der Waals surface area contributed by atoms with Crippen LogP contribution < -0.4 is 0 Å². The molecule has 0 saturated heterocycles. The van der Waals surface area contributed by atoms with Crippen LogP contribution in [0, 0.1) is 11.8 Å². The van der Waals surface area contributed by atoms with Crippen molar-refractivity contribution in [3.05, 3.63) is 92.7 Å². The molecule has 8 bridgehead atoms. The van der Waals surface area contributed by atoms with Crippen molar-refractivity contribution in [3.63, 3.8) is 0 Å². The van der Waals surface area contributed by atoms with Crippen LogP contribution in [-0.2, 0) is 14.4 Å². The highest BCUT2D eigenvalue weighted by Gasteiger charge is 2.39. The first-order valence-electron chi connectivity index (χ1n) is 14.5. The number of carboxylic acid groups (broad SMARTS) is 3. The van der Waals surface area contributed by atoms with Crippen molar-refractivity contribution >= 4 is 40.8 Å². The van der Waals surface area contributed by atoms with E-state index in [0.717, 1.165) is 28.0 Å². The van der Waals surface area contributed by atoms with E-state index in [0.29, 0.717) is 46.2 Å². The lowest BCUT2D eigenvalue weighted by atomic mass is 9.83. The molecule has 0 saturated carbocycles. The zero-order valence-electron chi connectivity index (χ0n) is 25.4. The minimum atomic E-state index is -1.24. The number of aliphatic imine (C=N–C) groups is 4. The maximum absolute atomic E-state index is 12.7. The molecule has 44 heavy (non-hydrogen) atoms. The van der Waals surface area contributed by atoms with Crippen molar-refractivity contribution in [1.29, 1.82) is 0 Å². The van der Waals surface area contributed by atoms with Gasteiger partial charge in [-0.2, -0.15) is 0 Å². The molecule has 0 aromatic carbocycles. The van der Waals surface area contributed by atoms with E-state index in [4.69, 9.17) is 20.0 Å². The predicted molar refractivity (Wildman–Crippen MR) is 169 cm³/mol. The average molecular weight is 595 g/mol. The van der Waals surface area contributed by atoms with Crippen LogP contribution in [0.3, 0.4) is 0 Å². The van der Waals surface area contributed by atoms with Gasteiger partial charge in [0.1, 0.15) is 0 Å². The number of allylic oxidation sites excluding steroid dienone is 10. The van der Waals surface area contributed by atoms with Crippen molar-refractivity contribution in [2.24, 2.45) is 31.8 Å². The summed E-state index contributed by atoms with van der Waals surface area (Å²) in [5, 5.41) is 29.8. The van der Waals surface area contributed by atoms with E-state index in [9.17, 15) is 29.7 Å². The molecule has 226 valence electrons. The highest BCUT2D eigenvalue weighted by Crippen LogP contribution is 2.42. The molecule has 5 heterocycles. The summed E-state index contributed by atoms with van der Waals surface area (Å²) in [5.74, 6) is -4.21. The van der Waals surface area contributed by atoms with Gasteiger partial charge in [-0.05, 0) is 74.1 Å². The molecule has 3 N–H and O–H groups in total. The summed E-state index contributed by atoms with van der Waals surface area (Å²) >= 11 is 0. The minimum absolute atomic E-state index is 0.0234. The first-order chi connectivity index (χ1) is 20.9. The largest absolute Gasteiger partial charge is 0.481 e. The molecule has 10 heteroatoms. The molecule has 0 fully saturated rings. The van der Waals surface area contributed by atoms with Gasteiger partial charge in [0, 0.05) is 35.1 Å². The number of carbonyl (C=O) groups is 3. The maximum atomic E-state index is 12.7. The van der Waals surface area contributed by atoms with Crippen LogP contribution in [-0.4, -0.2) is 56.1 Å². The molecule has 5 aliphatic rings. The van der Waals surface area contributed by atoms with Crippen LogP contribution in [0.2, 0.25) is 0 Å². The number of hydrogen-bond acceptors (Lipinski definition) is 7. The standard InChI is InChI=1S/C34H34N4O6/c1-7-19-15(3)23-12-25-17(5)21(9-10-29(39)40)32(37-25)22(11-30(41)42)33-31(34(43)44)18(6)26(38-33)14-28-20(8-2)16(4)24(36-28)13-27(19)35-23/h7,12-14,17,21H,1,8-11H2,2-6H3,(H,39,40)(H,41,42)(H,43,44). The molecular weight excluding hydrogens is 560 g/mol. The van der Waals surface area contributed by atoms with Gasteiger partial charge in [-0.3, -0.25) is 14.6 Å². The third-order valence-corrected chi connectivity index (χ3v) is 8.79. The smallest absolute Gasteiger partial charge is 0.338 e. The summed E-state index contributed by atoms with van der Waals surface area (Å²) in [4.78, 5) is 56.0. The number of rotatable bonds is 8. The first kappa shape index (κ1) is 30.5. The Labute approximate surface area is 255 Å². The second kappa shape index (κ2) is 11.6. The molecule has 0 aliphatic carbocycles. The lowest BCUT2D eigenvalue weighted by Gasteiger charge is -2.19. The highest BCUT2D eigenvalue weighted by molar-refractivity contribution is 6.30. The van der Waals surface area contributed by atoms with E-state index in [2.05, 4.69) is 6.58 Å². The summed E-state index contributed by atoms with van der Waals surface area (Å²) in [7, 11) is 0. The Kier molecular flexibility index (Phi) is 8.03. The van der Waals surface area contributed by atoms with Crippen molar-refractivity contribution in [2.75, 3.05) is 0 Å². The molecule has 2 atom stereocenters. The van der Waals surface area contributed by atoms with Crippen molar-refractivity contribution < 1.29 is 29.7 Å². The van der Waals surface area contributed by atoms with Crippen LogP contribution in [0.15, 0.2) is 113 Å². The predicted octanol–water partition coefficient (Wildman–Crippen LogP) is 5.95. The van der Waals surface area contributed by atoms with Crippen LogP contribution in [0.4, 0.5) is 0 Å². The molecule has 2 unspecified atom stereocenters. The fraction of sp³-hybridized carbons (Fsp3) is 0.324. The van der Waals surface area contributed by atoms with Crippen molar-refractivity contribution in [2.45, 2.75) is 60.3 Å². The van der Waals surface area contributed by atoms with Gasteiger partial charge in [0.2, 0.25) is 0 Å². The molecule has 0 amide bonds. The van der Waals surface area contributed by atoms with Crippen LogP contribution >= 0.6 is 0 Å². The Morgan fingerprint density at radius 1 is 0.841 bits per heavy atom. The summed E-state index contributed by atoms with van der Waals surface area (Å²) in [6.45, 7) is 13.5. The van der Waals surface area contributed by atoms with Gasteiger partial charge in [-0.15, -0.1) is 0 Å². The fourth-order valence-electron chi connectivity index (χ4n) is 6.37. The van der Waals surface area contributed by atoms with Gasteiger partial charge in [-0.25, -0.2) is 19.8 Å². The molecular formula is C34H34N4O6. The van der Waals surface area contributed by atoms with E-state index >= 15 is 0 Å². The molecule has 10 nitrogen and oxygen atoms in total. The lowest BCUT2D eigenvalue weighted by molar-refractivity contribution is -0.138. The van der Waals surface area contributed by atoms with E-state index in [1.54, 1.807) is 19.1 Å². The zero-order chi connectivity index (χ0) is 32.0. The lowest BCUT2D eigenvalue weighted by Crippen LogP contribution is -2.21. The minimum Gasteiger partial charge on any atom is -0.481 e. The fourth-order valence-corrected chi connectivity index (χ4v) is 6.37. The summed E-state index contributed by atoms with van der Waals surface area (Å²) in [6.07, 6.45) is 7.40. The molecule has 0 aromatic rings. The molecule has 5 aliphatic heterocycles. The number of carboxylic acids is 3. The Morgan fingerprint density at radius 2 is 1.48 bits per heavy atom. The van der Waals surface area contributed by atoms with Gasteiger partial charge in [0.25, 0.3) is 0 Å². The summed E-state index contributed by atoms with van der Waals surface area (Å²) in [6, 6.07) is 0. The maximum Gasteiger partial charge on any atom is 0.338 e. The molecule has 0 radical (unpaired) electrons. The zero-order valence-corrected chi connectivity index (χ0v) is 25.4. The number of fused-ring (bicyclic) bond motifs is 4. The second-order valence-corrected chi connectivity index (χ2v) is 11.3. The second-order valence-electron chi connectivity index (χ2n) is 11.3. The van der Waals surface area contributed by atoms with Crippen molar-refractivity contribution in [1.82, 2.24) is 0 Å². The van der Waals surface area contributed by atoms with Crippen molar-refractivity contribution in [3.8, 4) is 0 Å². The Bertz CT molecular complexity index is 1800. The Morgan fingerprint density at radius 3 is 2.09 bits per heavy atom. The third-order valence-electron chi connectivity index (χ3n) is 8.79. The molecule has 0 aromatic heterocycles. The van der Waals surface area contributed by atoms with E-state index < -0.39 is 30.2 Å². The SMILES string of the molecule is C=CC1=C(C)C2=CC3=NC(=C(CC(=O)O)C4=NC(=CC5=NC(=CC1=N2)C(C)=C5CC)C(C)=C4C(=O)O)C(CCC(=O)O)C3C. The topological polar surface area (TPSA) is 161 Å². The van der Waals surface area contributed by atoms with Crippen LogP contribution in [0.25, 0.3) is 0 Å². The van der Waals surface area contributed by atoms with Gasteiger partial charge >= 0.3 is 17.9 Å². The highest BCUT2D eigenvalue weighted by atomic mass is 16.4. The number of aliphatic carboxylic acids is 3. The Balaban J connectivity index is 1.88. The van der Waals surface area contributed by atoms with Gasteiger partial charge in [-0.1, -0.05) is 26.5 Å². The number of nitrogens with zero attached hydrogens (tertiary/aromatic N) is 4. The monoisotopic (exact) mass is 594 g/mol. The summed E-state index contributed by atoms with van der Waals surface area (Å²) in [5.41, 5.74) is 8.16. The quantitative estimate of drug-likeness (QED) is 0.315. The molecule has 0 spiro atoms. The van der Waals surface area contributed by atoms with E-state index in [1.807, 2.05) is 39.8 Å². The van der Waals surface area contributed by atoms with Crippen LogP contribution in [0.5, 0.6) is 0 Å². The average Bonchev–Trinajstić information content (AvgIpc) is 3.63. The van der Waals surface area contributed by atoms with Gasteiger partial charge < -0.3 is 15.3 Å². The summed E-state index contributed by atoms with van der Waals surface area (Å²) < 4.78 is 0. The van der Waals surface area contributed by atoms with E-state index in [-0.39, 0.29) is 35.6 Å². The van der Waals surface area contributed by atoms with Gasteiger partial charge in [0.15, 0.2) is 0 Å². The van der Waals surface area contributed by atoms with E-state index in [1.165, 1.54) is 0 Å².